The number of ether oxygens (including phenoxy) is 2. The lowest BCUT2D eigenvalue weighted by Crippen LogP contribution is -2.24. The third kappa shape index (κ3) is 3.55. The number of rotatable bonds is 4. The van der Waals surface area contributed by atoms with Crippen LogP contribution in [-0.2, 0) is 17.8 Å². The summed E-state index contributed by atoms with van der Waals surface area (Å²) in [7, 11) is 0. The van der Waals surface area contributed by atoms with Gasteiger partial charge in [0.1, 0.15) is 18.2 Å². The van der Waals surface area contributed by atoms with Crippen molar-refractivity contribution in [1.29, 1.82) is 0 Å². The van der Waals surface area contributed by atoms with E-state index in [1.807, 2.05) is 24.3 Å². The van der Waals surface area contributed by atoms with Crippen LogP contribution >= 0.6 is 22.9 Å². The third-order valence-corrected chi connectivity index (χ3v) is 5.11. The molecule has 7 heteroatoms. The molecule has 1 aromatic heterocycles. The maximum absolute atomic E-state index is 12.2. The molecule has 1 amide bonds. The summed E-state index contributed by atoms with van der Waals surface area (Å²) in [5.74, 6) is 1.05. The average molecular weight is 375 g/mol. The average Bonchev–Trinajstić information content (AvgIpc) is 3.03. The minimum Gasteiger partial charge on any atom is -0.486 e. The Hall–Kier alpha value is -2.31. The van der Waals surface area contributed by atoms with Crippen LogP contribution in [0, 0.1) is 0 Å². The second-order valence-corrected chi connectivity index (χ2v) is 7.15. The Morgan fingerprint density at radius 2 is 2.08 bits per heavy atom. The van der Waals surface area contributed by atoms with E-state index in [1.165, 1.54) is 0 Å². The number of nitrogens with zero attached hydrogens (tertiary/aromatic N) is 1. The van der Waals surface area contributed by atoms with Crippen LogP contribution < -0.4 is 14.8 Å². The molecule has 0 spiro atoms. The van der Waals surface area contributed by atoms with Gasteiger partial charge in [0.15, 0.2) is 11.5 Å². The monoisotopic (exact) mass is 374 g/mol. The molecule has 0 fully saturated rings. The molecule has 0 bridgehead atoms. The lowest BCUT2D eigenvalue weighted by Gasteiger charge is -2.20. The van der Waals surface area contributed by atoms with Gasteiger partial charge in [-0.05, 0) is 29.8 Å². The Morgan fingerprint density at radius 3 is 2.96 bits per heavy atom. The smallest absolute Gasteiger partial charge is 0.224 e. The Labute approximate surface area is 153 Å². The first-order valence-electron chi connectivity index (χ1n) is 7.88. The zero-order valence-corrected chi connectivity index (χ0v) is 14.8. The molecule has 0 atom stereocenters. The lowest BCUT2D eigenvalue weighted by atomic mass is 10.1. The molecule has 2 heterocycles. The van der Waals surface area contributed by atoms with Crippen molar-refractivity contribution in [2.24, 2.45) is 0 Å². The normalized spacial score (nSPS) is 13.0. The standard InChI is InChI=1S/C18H15ClN2O3S/c19-12-7-11(8-14-18(12)24-6-5-23-14)9-16(22)20-10-17-21-13-3-1-2-4-15(13)25-17/h1-4,7-8H,5-6,9-10H2,(H,20,22). The molecule has 0 aliphatic carbocycles. The highest BCUT2D eigenvalue weighted by molar-refractivity contribution is 7.18. The minimum absolute atomic E-state index is 0.0907. The van der Waals surface area contributed by atoms with Gasteiger partial charge < -0.3 is 14.8 Å². The lowest BCUT2D eigenvalue weighted by molar-refractivity contribution is -0.120. The molecule has 4 rings (SSSR count). The first kappa shape index (κ1) is 16.2. The molecular weight excluding hydrogens is 360 g/mol. The number of thiazole rings is 1. The van der Waals surface area contributed by atoms with Gasteiger partial charge in [0.05, 0.1) is 28.2 Å². The SMILES string of the molecule is O=C(Cc1cc(Cl)c2c(c1)OCCO2)NCc1nc2ccccc2s1. The second kappa shape index (κ2) is 6.90. The molecule has 0 unspecified atom stereocenters. The quantitative estimate of drug-likeness (QED) is 0.758. The van der Waals surface area contributed by atoms with E-state index in [0.29, 0.717) is 36.3 Å². The van der Waals surface area contributed by atoms with Gasteiger partial charge in [0.25, 0.3) is 0 Å². The Kier molecular flexibility index (Phi) is 4.46. The van der Waals surface area contributed by atoms with Crippen LogP contribution in [0.5, 0.6) is 11.5 Å². The fourth-order valence-electron chi connectivity index (χ4n) is 2.68. The summed E-state index contributed by atoms with van der Waals surface area (Å²) in [6.07, 6.45) is 0.223. The van der Waals surface area contributed by atoms with Crippen molar-refractivity contribution in [3.8, 4) is 11.5 Å². The van der Waals surface area contributed by atoms with E-state index < -0.39 is 0 Å². The molecule has 0 radical (unpaired) electrons. The van der Waals surface area contributed by atoms with Crippen LogP contribution in [0.2, 0.25) is 5.02 Å². The van der Waals surface area contributed by atoms with E-state index >= 15 is 0 Å². The highest BCUT2D eigenvalue weighted by Gasteiger charge is 2.17. The van der Waals surface area contributed by atoms with Crippen LogP contribution in [0.25, 0.3) is 10.2 Å². The topological polar surface area (TPSA) is 60.5 Å². The highest BCUT2D eigenvalue weighted by Crippen LogP contribution is 2.38. The molecule has 2 aromatic carbocycles. The first-order valence-corrected chi connectivity index (χ1v) is 9.07. The number of nitrogens with one attached hydrogen (secondary N) is 1. The van der Waals surface area contributed by atoms with Crippen molar-refractivity contribution in [3.05, 3.63) is 52.0 Å². The molecule has 0 saturated carbocycles. The number of amides is 1. The summed E-state index contributed by atoms with van der Waals surface area (Å²) >= 11 is 7.79. The number of halogens is 1. The second-order valence-electron chi connectivity index (χ2n) is 5.63. The molecular formula is C18H15ClN2O3S. The molecule has 0 saturated heterocycles. The van der Waals surface area contributed by atoms with Gasteiger partial charge in [0, 0.05) is 0 Å². The Balaban J connectivity index is 1.41. The van der Waals surface area contributed by atoms with E-state index in [0.717, 1.165) is 20.8 Å². The van der Waals surface area contributed by atoms with E-state index in [1.54, 1.807) is 23.5 Å². The van der Waals surface area contributed by atoms with Crippen molar-refractivity contribution in [3.63, 3.8) is 0 Å². The zero-order chi connectivity index (χ0) is 17.2. The summed E-state index contributed by atoms with van der Waals surface area (Å²) < 4.78 is 12.1. The molecule has 1 aliphatic heterocycles. The summed E-state index contributed by atoms with van der Waals surface area (Å²) in [5.41, 5.74) is 1.74. The molecule has 3 aromatic rings. The van der Waals surface area contributed by atoms with Crippen LogP contribution in [0.4, 0.5) is 0 Å². The number of benzene rings is 2. The number of fused-ring (bicyclic) bond motifs is 2. The summed E-state index contributed by atoms with van der Waals surface area (Å²) in [6.45, 7) is 1.38. The number of para-hydroxylation sites is 1. The summed E-state index contributed by atoms with van der Waals surface area (Å²) in [5, 5.41) is 4.25. The van der Waals surface area contributed by atoms with Gasteiger partial charge in [-0.25, -0.2) is 4.98 Å². The summed E-state index contributed by atoms with van der Waals surface area (Å²) in [6, 6.07) is 11.5. The Bertz CT molecular complexity index is 908. The minimum atomic E-state index is -0.0907. The number of aromatic nitrogens is 1. The maximum atomic E-state index is 12.2. The number of hydrogen-bond donors (Lipinski definition) is 1. The van der Waals surface area contributed by atoms with Crippen LogP contribution in [0.1, 0.15) is 10.6 Å². The Morgan fingerprint density at radius 1 is 1.24 bits per heavy atom. The predicted molar refractivity (Wildman–Crippen MR) is 97.6 cm³/mol. The van der Waals surface area contributed by atoms with Crippen molar-refractivity contribution < 1.29 is 14.3 Å². The molecule has 25 heavy (non-hydrogen) atoms. The molecule has 128 valence electrons. The van der Waals surface area contributed by atoms with Crippen LogP contribution in [0.3, 0.4) is 0 Å². The maximum Gasteiger partial charge on any atom is 0.224 e. The first-order chi connectivity index (χ1) is 12.2. The fraction of sp³-hybridized carbons (Fsp3) is 0.222. The van der Waals surface area contributed by atoms with Gasteiger partial charge in [-0.3, -0.25) is 4.79 Å². The number of carbonyl (C=O) groups excluding carboxylic acids is 1. The van der Waals surface area contributed by atoms with Crippen molar-refractivity contribution in [2.75, 3.05) is 13.2 Å². The number of carbonyl (C=O) groups is 1. The van der Waals surface area contributed by atoms with E-state index in [9.17, 15) is 4.79 Å². The van der Waals surface area contributed by atoms with E-state index in [4.69, 9.17) is 21.1 Å². The predicted octanol–water partition coefficient (Wildman–Crippen LogP) is 3.58. The van der Waals surface area contributed by atoms with Crippen LogP contribution in [0.15, 0.2) is 36.4 Å². The fourth-order valence-corrected chi connectivity index (χ4v) is 3.88. The molecule has 1 N–H and O–H groups in total. The highest BCUT2D eigenvalue weighted by atomic mass is 35.5. The number of hydrogen-bond acceptors (Lipinski definition) is 5. The zero-order valence-electron chi connectivity index (χ0n) is 13.3. The van der Waals surface area contributed by atoms with Gasteiger partial charge in [-0.1, -0.05) is 23.7 Å². The summed E-state index contributed by atoms with van der Waals surface area (Å²) in [4.78, 5) is 16.7. The van der Waals surface area contributed by atoms with Crippen LogP contribution in [-0.4, -0.2) is 24.1 Å². The van der Waals surface area contributed by atoms with Crippen molar-refractivity contribution in [1.82, 2.24) is 10.3 Å². The molecule has 1 aliphatic rings. The molecule has 5 nitrogen and oxygen atoms in total. The van der Waals surface area contributed by atoms with Crippen molar-refractivity contribution >= 4 is 39.1 Å². The van der Waals surface area contributed by atoms with E-state index in [2.05, 4.69) is 10.3 Å². The van der Waals surface area contributed by atoms with Gasteiger partial charge in [-0.2, -0.15) is 0 Å². The largest absolute Gasteiger partial charge is 0.486 e. The third-order valence-electron chi connectivity index (χ3n) is 3.80. The van der Waals surface area contributed by atoms with Gasteiger partial charge in [-0.15, -0.1) is 11.3 Å². The van der Waals surface area contributed by atoms with Crippen molar-refractivity contribution in [2.45, 2.75) is 13.0 Å². The van der Waals surface area contributed by atoms with Gasteiger partial charge in [0.2, 0.25) is 5.91 Å². The van der Waals surface area contributed by atoms with Gasteiger partial charge >= 0.3 is 0 Å². The van der Waals surface area contributed by atoms with E-state index in [-0.39, 0.29) is 12.3 Å².